The maximum absolute atomic E-state index is 8.93. The lowest BCUT2D eigenvalue weighted by Crippen LogP contribution is -1.94. The molecule has 2 heteroatoms. The summed E-state index contributed by atoms with van der Waals surface area (Å²) >= 11 is 0. The molecule has 0 N–H and O–H groups in total. The third-order valence-corrected chi connectivity index (χ3v) is 3.16. The van der Waals surface area contributed by atoms with Crippen molar-refractivity contribution in [3.05, 3.63) is 77.4 Å². The molecule has 0 unspecified atom stereocenters. The second-order valence-corrected chi connectivity index (χ2v) is 4.43. The van der Waals surface area contributed by atoms with Crippen LogP contribution in [0.15, 0.2) is 65.7 Å². The Labute approximate surface area is 112 Å². The van der Waals surface area contributed by atoms with E-state index in [2.05, 4.69) is 29.3 Å². The van der Waals surface area contributed by atoms with Crippen LogP contribution in [-0.4, -0.2) is 12.3 Å². The van der Waals surface area contributed by atoms with Crippen LogP contribution >= 0.6 is 0 Å². The van der Waals surface area contributed by atoms with Crippen molar-refractivity contribution in [3.63, 3.8) is 0 Å². The van der Waals surface area contributed by atoms with Gasteiger partial charge in [0, 0.05) is 5.56 Å². The molecule has 19 heavy (non-hydrogen) atoms. The molecule has 0 spiro atoms. The summed E-state index contributed by atoms with van der Waals surface area (Å²) < 4.78 is 0. The Bertz CT molecular complexity index is 704. The van der Waals surface area contributed by atoms with Crippen LogP contribution in [0.25, 0.3) is 5.57 Å². The minimum absolute atomic E-state index is 0.668. The third kappa shape index (κ3) is 2.31. The van der Waals surface area contributed by atoms with Gasteiger partial charge >= 0.3 is 0 Å². The van der Waals surface area contributed by atoms with Crippen molar-refractivity contribution in [1.82, 2.24) is 0 Å². The highest BCUT2D eigenvalue weighted by Crippen LogP contribution is 2.21. The molecule has 0 fully saturated rings. The average molecular weight is 244 g/mol. The number of nitriles is 1. The maximum atomic E-state index is 8.93. The summed E-state index contributed by atoms with van der Waals surface area (Å²) in [6, 6.07) is 20.0. The summed E-state index contributed by atoms with van der Waals surface area (Å²) in [5.41, 5.74) is 5.05. The minimum atomic E-state index is 0.668. The molecule has 3 rings (SSSR count). The first-order chi connectivity index (χ1) is 9.36. The highest BCUT2D eigenvalue weighted by Gasteiger charge is 2.11. The van der Waals surface area contributed by atoms with E-state index in [4.69, 9.17) is 5.26 Å². The molecule has 1 aliphatic rings. The standard InChI is InChI=1S/C17H12N2/c18-11-13-5-4-8-15(9-13)17-10-16(12-19-17)14-6-2-1-3-7-14/h1-10H,12H2. The van der Waals surface area contributed by atoms with E-state index in [1.54, 1.807) is 6.07 Å². The number of hydrogen-bond donors (Lipinski definition) is 0. The summed E-state index contributed by atoms with van der Waals surface area (Å²) in [7, 11) is 0. The Hall–Kier alpha value is -2.66. The predicted octanol–water partition coefficient (Wildman–Crippen LogP) is 3.44. The zero-order chi connectivity index (χ0) is 13.1. The molecular formula is C17H12N2. The van der Waals surface area contributed by atoms with Gasteiger partial charge in [0.1, 0.15) is 0 Å². The monoisotopic (exact) mass is 244 g/mol. The van der Waals surface area contributed by atoms with Crippen LogP contribution in [0.4, 0.5) is 0 Å². The first-order valence-electron chi connectivity index (χ1n) is 6.18. The molecule has 0 aliphatic carbocycles. The lowest BCUT2D eigenvalue weighted by molar-refractivity contribution is 1.29. The molecule has 2 aromatic rings. The third-order valence-electron chi connectivity index (χ3n) is 3.16. The highest BCUT2D eigenvalue weighted by molar-refractivity contribution is 6.15. The summed E-state index contributed by atoms with van der Waals surface area (Å²) in [6.07, 6.45) is 2.10. The molecule has 0 bridgehead atoms. The smallest absolute Gasteiger partial charge is 0.0991 e. The van der Waals surface area contributed by atoms with Gasteiger partial charge in [0.15, 0.2) is 0 Å². The van der Waals surface area contributed by atoms with Gasteiger partial charge in [-0.3, -0.25) is 4.99 Å². The van der Waals surface area contributed by atoms with Crippen LogP contribution in [0.3, 0.4) is 0 Å². The van der Waals surface area contributed by atoms with Gasteiger partial charge in [-0.15, -0.1) is 0 Å². The van der Waals surface area contributed by atoms with Crippen LogP contribution in [0.5, 0.6) is 0 Å². The summed E-state index contributed by atoms with van der Waals surface area (Å²) in [4.78, 5) is 4.55. The number of aliphatic imine (C=N–C) groups is 1. The fraction of sp³-hybridized carbons (Fsp3) is 0.0588. The molecule has 0 aromatic heterocycles. The van der Waals surface area contributed by atoms with E-state index in [0.717, 1.165) is 11.3 Å². The zero-order valence-electron chi connectivity index (χ0n) is 10.4. The zero-order valence-corrected chi connectivity index (χ0v) is 10.4. The van der Waals surface area contributed by atoms with E-state index in [0.29, 0.717) is 12.1 Å². The predicted molar refractivity (Wildman–Crippen MR) is 77.0 cm³/mol. The number of nitrogens with zero attached hydrogens (tertiary/aromatic N) is 2. The Morgan fingerprint density at radius 2 is 1.74 bits per heavy atom. The second kappa shape index (κ2) is 4.91. The van der Waals surface area contributed by atoms with Crippen molar-refractivity contribution >= 4 is 11.3 Å². The van der Waals surface area contributed by atoms with Gasteiger partial charge < -0.3 is 0 Å². The van der Waals surface area contributed by atoms with Gasteiger partial charge in [0.2, 0.25) is 0 Å². The van der Waals surface area contributed by atoms with Crippen molar-refractivity contribution in [2.75, 3.05) is 6.54 Å². The first-order valence-corrected chi connectivity index (χ1v) is 6.18. The molecule has 2 nitrogen and oxygen atoms in total. The van der Waals surface area contributed by atoms with Crippen LogP contribution in [-0.2, 0) is 0 Å². The van der Waals surface area contributed by atoms with Crippen LogP contribution in [0.2, 0.25) is 0 Å². The van der Waals surface area contributed by atoms with Crippen LogP contribution < -0.4 is 0 Å². The fourth-order valence-electron chi connectivity index (χ4n) is 2.18. The molecule has 0 saturated heterocycles. The Morgan fingerprint density at radius 1 is 0.947 bits per heavy atom. The largest absolute Gasteiger partial charge is 0.280 e. The Balaban J connectivity index is 1.92. The normalized spacial score (nSPS) is 13.6. The number of benzene rings is 2. The lowest BCUT2D eigenvalue weighted by Gasteiger charge is -1.99. The highest BCUT2D eigenvalue weighted by atomic mass is 14.8. The van der Waals surface area contributed by atoms with Gasteiger partial charge in [0.05, 0.1) is 23.9 Å². The van der Waals surface area contributed by atoms with Crippen molar-refractivity contribution in [2.24, 2.45) is 4.99 Å². The number of allylic oxidation sites excluding steroid dienone is 1. The van der Waals surface area contributed by atoms with E-state index in [-0.39, 0.29) is 0 Å². The molecule has 1 aliphatic heterocycles. The summed E-state index contributed by atoms with van der Waals surface area (Å²) in [5, 5.41) is 8.93. The summed E-state index contributed by atoms with van der Waals surface area (Å²) in [5.74, 6) is 0. The van der Waals surface area contributed by atoms with E-state index in [1.807, 2.05) is 36.4 Å². The van der Waals surface area contributed by atoms with Gasteiger partial charge in [0.25, 0.3) is 0 Å². The van der Waals surface area contributed by atoms with Gasteiger partial charge in [-0.05, 0) is 29.3 Å². The SMILES string of the molecule is N#Cc1cccc(C2=NCC(c3ccccc3)=C2)c1. The van der Waals surface area contributed by atoms with E-state index in [1.165, 1.54) is 11.1 Å². The number of hydrogen-bond acceptors (Lipinski definition) is 2. The maximum Gasteiger partial charge on any atom is 0.0991 e. The lowest BCUT2D eigenvalue weighted by atomic mass is 10.0. The van der Waals surface area contributed by atoms with Gasteiger partial charge in [-0.25, -0.2) is 0 Å². The van der Waals surface area contributed by atoms with E-state index in [9.17, 15) is 0 Å². The topological polar surface area (TPSA) is 36.1 Å². The Kier molecular flexibility index (Phi) is 2.96. The summed E-state index contributed by atoms with van der Waals surface area (Å²) in [6.45, 7) is 0.704. The van der Waals surface area contributed by atoms with Gasteiger partial charge in [-0.1, -0.05) is 42.5 Å². The molecule has 0 atom stereocenters. The first kappa shape index (κ1) is 11.4. The molecule has 2 aromatic carbocycles. The molecule has 1 heterocycles. The molecule has 0 saturated carbocycles. The van der Waals surface area contributed by atoms with Crippen LogP contribution in [0, 0.1) is 11.3 Å². The molecule has 0 radical (unpaired) electrons. The van der Waals surface area contributed by atoms with Crippen molar-refractivity contribution in [3.8, 4) is 6.07 Å². The Morgan fingerprint density at radius 3 is 2.53 bits per heavy atom. The second-order valence-electron chi connectivity index (χ2n) is 4.43. The van der Waals surface area contributed by atoms with E-state index >= 15 is 0 Å². The van der Waals surface area contributed by atoms with Crippen LogP contribution in [0.1, 0.15) is 16.7 Å². The molecule has 0 amide bonds. The minimum Gasteiger partial charge on any atom is -0.280 e. The average Bonchev–Trinajstić information content (AvgIpc) is 2.98. The van der Waals surface area contributed by atoms with Gasteiger partial charge in [-0.2, -0.15) is 5.26 Å². The fourth-order valence-corrected chi connectivity index (χ4v) is 2.18. The molecule has 90 valence electrons. The van der Waals surface area contributed by atoms with E-state index < -0.39 is 0 Å². The molecular weight excluding hydrogens is 232 g/mol. The van der Waals surface area contributed by atoms with Crippen molar-refractivity contribution < 1.29 is 0 Å². The number of rotatable bonds is 2. The van der Waals surface area contributed by atoms with Crippen molar-refractivity contribution in [1.29, 1.82) is 5.26 Å². The van der Waals surface area contributed by atoms with Crippen molar-refractivity contribution in [2.45, 2.75) is 0 Å². The quantitative estimate of drug-likeness (QED) is 0.797.